The third kappa shape index (κ3) is 4.85. The van der Waals surface area contributed by atoms with Crippen molar-refractivity contribution in [2.45, 2.75) is 17.7 Å². The van der Waals surface area contributed by atoms with E-state index in [0.29, 0.717) is 18.7 Å². The number of amides is 1. The van der Waals surface area contributed by atoms with Gasteiger partial charge in [0.1, 0.15) is 0 Å². The molecule has 0 unspecified atom stereocenters. The van der Waals surface area contributed by atoms with E-state index in [0.717, 1.165) is 29.5 Å². The molecule has 25 heavy (non-hydrogen) atoms. The van der Waals surface area contributed by atoms with Crippen LogP contribution in [-0.4, -0.2) is 48.5 Å². The van der Waals surface area contributed by atoms with Crippen LogP contribution in [-0.2, 0) is 0 Å². The van der Waals surface area contributed by atoms with Gasteiger partial charge in [-0.15, -0.1) is 16.9 Å². The van der Waals surface area contributed by atoms with Crippen molar-refractivity contribution in [3.8, 4) is 0 Å². The molecule has 2 aromatic rings. The number of hydrogen-bond acceptors (Lipinski definition) is 6. The first-order valence-electron chi connectivity index (χ1n) is 8.50. The van der Waals surface area contributed by atoms with E-state index in [4.69, 9.17) is 0 Å². The summed E-state index contributed by atoms with van der Waals surface area (Å²) < 4.78 is 0. The predicted molar refractivity (Wildman–Crippen MR) is 103 cm³/mol. The second-order valence-corrected chi connectivity index (χ2v) is 6.78. The number of benzene rings is 1. The Labute approximate surface area is 152 Å². The molecule has 0 bridgehead atoms. The summed E-state index contributed by atoms with van der Waals surface area (Å²) >= 11 is 1.66. The number of carbonyl (C=O) groups is 1. The number of rotatable bonds is 7. The maximum Gasteiger partial charge on any atom is 0.251 e. The van der Waals surface area contributed by atoms with E-state index in [1.54, 1.807) is 18.0 Å². The zero-order valence-corrected chi connectivity index (χ0v) is 15.2. The maximum atomic E-state index is 12.1. The molecule has 2 heterocycles. The summed E-state index contributed by atoms with van der Waals surface area (Å²) in [6.07, 6.45) is 6.28. The van der Waals surface area contributed by atoms with Crippen LogP contribution >= 0.6 is 11.8 Å². The first-order valence-corrected chi connectivity index (χ1v) is 9.72. The number of hydrogen-bond donors (Lipinski definition) is 2. The van der Waals surface area contributed by atoms with Crippen LogP contribution in [0.4, 0.5) is 11.5 Å². The summed E-state index contributed by atoms with van der Waals surface area (Å²) in [5, 5.41) is 14.3. The highest BCUT2D eigenvalue weighted by molar-refractivity contribution is 7.98. The number of anilines is 2. The lowest BCUT2D eigenvalue weighted by Crippen LogP contribution is -2.29. The molecule has 1 aromatic carbocycles. The van der Waals surface area contributed by atoms with E-state index >= 15 is 0 Å². The lowest BCUT2D eigenvalue weighted by atomic mass is 10.2. The molecule has 0 radical (unpaired) electrons. The molecule has 7 heteroatoms. The number of nitrogens with one attached hydrogen (secondary N) is 2. The monoisotopic (exact) mass is 357 g/mol. The van der Waals surface area contributed by atoms with E-state index in [2.05, 4.69) is 25.7 Å². The zero-order chi connectivity index (χ0) is 17.5. The van der Waals surface area contributed by atoms with Gasteiger partial charge in [-0.2, -0.15) is 5.10 Å². The minimum Gasteiger partial charge on any atom is -0.370 e. The summed E-state index contributed by atoms with van der Waals surface area (Å²) in [6.45, 7) is 3.29. The molecule has 1 aliphatic rings. The largest absolute Gasteiger partial charge is 0.370 e. The molecule has 0 atom stereocenters. The molecule has 1 fully saturated rings. The third-order valence-electron chi connectivity index (χ3n) is 4.18. The molecule has 1 aromatic heterocycles. The van der Waals surface area contributed by atoms with Crippen molar-refractivity contribution >= 4 is 29.2 Å². The highest BCUT2D eigenvalue weighted by Crippen LogP contribution is 2.20. The van der Waals surface area contributed by atoms with E-state index in [1.807, 2.05) is 36.6 Å². The van der Waals surface area contributed by atoms with Gasteiger partial charge in [0.05, 0.1) is 11.9 Å². The normalized spacial score (nSPS) is 13.7. The molecule has 132 valence electrons. The van der Waals surface area contributed by atoms with Gasteiger partial charge in [-0.05, 0) is 43.4 Å². The molecule has 3 rings (SSSR count). The first kappa shape index (κ1) is 17.5. The van der Waals surface area contributed by atoms with Gasteiger partial charge < -0.3 is 15.5 Å². The van der Waals surface area contributed by atoms with Gasteiger partial charge in [-0.25, -0.2) is 0 Å². The van der Waals surface area contributed by atoms with Crippen LogP contribution in [0.15, 0.2) is 41.4 Å². The minimum absolute atomic E-state index is 0.0636. The Hall–Kier alpha value is -2.28. The quantitative estimate of drug-likeness (QED) is 0.586. The van der Waals surface area contributed by atoms with Crippen molar-refractivity contribution in [1.29, 1.82) is 0 Å². The summed E-state index contributed by atoms with van der Waals surface area (Å²) in [6, 6.07) is 9.62. The Balaban J connectivity index is 1.44. The van der Waals surface area contributed by atoms with Gasteiger partial charge in [-0.1, -0.05) is 0 Å². The van der Waals surface area contributed by atoms with Crippen molar-refractivity contribution in [3.63, 3.8) is 0 Å². The fraction of sp³-hybridized carbons (Fsp3) is 0.389. The van der Waals surface area contributed by atoms with Gasteiger partial charge in [0, 0.05) is 42.7 Å². The third-order valence-corrected chi connectivity index (χ3v) is 4.92. The van der Waals surface area contributed by atoms with Gasteiger partial charge in [0.25, 0.3) is 5.91 Å². The van der Waals surface area contributed by atoms with Gasteiger partial charge in [-0.3, -0.25) is 4.79 Å². The number of nitrogens with zero attached hydrogens (tertiary/aromatic N) is 3. The molecule has 2 N–H and O–H groups in total. The fourth-order valence-corrected chi connectivity index (χ4v) is 3.21. The molecule has 1 aliphatic heterocycles. The molecule has 6 nitrogen and oxygen atoms in total. The summed E-state index contributed by atoms with van der Waals surface area (Å²) in [5.74, 6) is 0.675. The topological polar surface area (TPSA) is 70.2 Å². The Morgan fingerprint density at radius 1 is 1.20 bits per heavy atom. The van der Waals surface area contributed by atoms with Crippen LogP contribution in [0.2, 0.25) is 0 Å². The average molecular weight is 357 g/mol. The van der Waals surface area contributed by atoms with Crippen LogP contribution in [0.5, 0.6) is 0 Å². The second kappa shape index (κ2) is 8.71. The molecule has 0 saturated carbocycles. The van der Waals surface area contributed by atoms with Crippen molar-refractivity contribution in [1.82, 2.24) is 15.5 Å². The maximum absolute atomic E-state index is 12.1. The highest BCUT2D eigenvalue weighted by atomic mass is 32.2. The van der Waals surface area contributed by atoms with E-state index < -0.39 is 0 Å². The Bertz CT molecular complexity index is 701. The van der Waals surface area contributed by atoms with Gasteiger partial charge in [0.15, 0.2) is 5.82 Å². The minimum atomic E-state index is -0.0636. The van der Waals surface area contributed by atoms with E-state index in [1.165, 1.54) is 12.8 Å². The summed E-state index contributed by atoms with van der Waals surface area (Å²) in [4.78, 5) is 15.6. The lowest BCUT2D eigenvalue weighted by molar-refractivity contribution is 0.0955. The lowest BCUT2D eigenvalue weighted by Gasteiger charge is -2.17. The average Bonchev–Trinajstić information content (AvgIpc) is 3.20. The fourth-order valence-electron chi connectivity index (χ4n) is 2.80. The molecule has 1 amide bonds. The van der Waals surface area contributed by atoms with Crippen LogP contribution in [0, 0.1) is 0 Å². The Morgan fingerprint density at radius 3 is 2.68 bits per heavy atom. The van der Waals surface area contributed by atoms with Crippen LogP contribution < -0.4 is 15.5 Å². The van der Waals surface area contributed by atoms with Gasteiger partial charge in [0.2, 0.25) is 0 Å². The van der Waals surface area contributed by atoms with Crippen molar-refractivity contribution in [3.05, 3.63) is 42.1 Å². The number of thioether (sulfide) groups is 1. The number of carbonyl (C=O) groups excluding carboxylic acids is 1. The summed E-state index contributed by atoms with van der Waals surface area (Å²) in [7, 11) is 0. The van der Waals surface area contributed by atoms with Crippen molar-refractivity contribution in [2.75, 3.05) is 42.7 Å². The van der Waals surface area contributed by atoms with Crippen LogP contribution in [0.3, 0.4) is 0 Å². The molecular formula is C18H23N5OS. The van der Waals surface area contributed by atoms with Crippen LogP contribution in [0.1, 0.15) is 23.2 Å². The van der Waals surface area contributed by atoms with Crippen molar-refractivity contribution < 1.29 is 4.79 Å². The Morgan fingerprint density at radius 2 is 1.96 bits per heavy atom. The zero-order valence-electron chi connectivity index (χ0n) is 14.4. The molecule has 0 aliphatic carbocycles. The smallest absolute Gasteiger partial charge is 0.251 e. The summed E-state index contributed by atoms with van der Waals surface area (Å²) in [5.41, 5.74) is 1.78. The Kier molecular flexibility index (Phi) is 6.11. The number of aromatic nitrogens is 2. The molecular weight excluding hydrogens is 334 g/mol. The first-order chi connectivity index (χ1) is 12.3. The standard InChI is InChI=1S/C18H23N5OS/c1-25-16-6-4-14(5-7-16)18(24)20-9-8-19-17-12-15(13-21-22-17)23-10-2-3-11-23/h4-7,12-13H,2-3,8-11H2,1H3,(H,19,22)(H,20,24). The predicted octanol–water partition coefficient (Wildman–Crippen LogP) is 2.64. The van der Waals surface area contributed by atoms with Gasteiger partial charge >= 0.3 is 0 Å². The second-order valence-electron chi connectivity index (χ2n) is 5.90. The van der Waals surface area contributed by atoms with Crippen LogP contribution in [0.25, 0.3) is 0 Å². The van der Waals surface area contributed by atoms with Crippen molar-refractivity contribution in [2.24, 2.45) is 0 Å². The highest BCUT2D eigenvalue weighted by Gasteiger charge is 2.13. The molecule has 0 spiro atoms. The van der Waals surface area contributed by atoms with E-state index in [9.17, 15) is 4.79 Å². The SMILES string of the molecule is CSc1ccc(C(=O)NCCNc2cc(N3CCCC3)cnn2)cc1. The van der Waals surface area contributed by atoms with E-state index in [-0.39, 0.29) is 5.91 Å². The molecule has 1 saturated heterocycles.